The maximum Gasteiger partial charge on any atom is 0.277 e. The quantitative estimate of drug-likeness (QED) is 0.603. The lowest BCUT2D eigenvalue weighted by atomic mass is 10.1. The van der Waals surface area contributed by atoms with Gasteiger partial charge in [0.05, 0.1) is 12.4 Å². The van der Waals surface area contributed by atoms with Crippen LogP contribution in [0.4, 0.5) is 5.69 Å². The maximum absolute atomic E-state index is 13.1. The number of methoxy groups -OCH3 is 1. The molecule has 0 N–H and O–H groups in total. The molecule has 0 radical (unpaired) electrons. The Labute approximate surface area is 167 Å². The SMILES string of the molecule is COc1ccc(-c2nnc(S[C@@H](C)C(=O)N3c4ccccc4C[C@H]3C)o2)cc1. The van der Waals surface area contributed by atoms with E-state index in [-0.39, 0.29) is 17.2 Å². The Hall–Kier alpha value is -2.80. The number of ether oxygens (including phenoxy) is 1. The molecule has 2 aromatic carbocycles. The number of fused-ring (bicyclic) bond motifs is 1. The zero-order valence-electron chi connectivity index (χ0n) is 16.0. The number of thioether (sulfide) groups is 1. The molecule has 0 unspecified atom stereocenters. The summed E-state index contributed by atoms with van der Waals surface area (Å²) in [6, 6.07) is 15.6. The van der Waals surface area contributed by atoms with E-state index in [0.29, 0.717) is 11.1 Å². The number of hydrogen-bond acceptors (Lipinski definition) is 6. The maximum atomic E-state index is 13.1. The lowest BCUT2D eigenvalue weighted by molar-refractivity contribution is -0.118. The summed E-state index contributed by atoms with van der Waals surface area (Å²) in [6.45, 7) is 3.95. The minimum absolute atomic E-state index is 0.0478. The van der Waals surface area contributed by atoms with E-state index >= 15 is 0 Å². The van der Waals surface area contributed by atoms with Crippen LogP contribution >= 0.6 is 11.8 Å². The zero-order chi connectivity index (χ0) is 19.7. The predicted molar refractivity (Wildman–Crippen MR) is 109 cm³/mol. The molecule has 0 bridgehead atoms. The number of carbonyl (C=O) groups excluding carboxylic acids is 1. The van der Waals surface area contributed by atoms with E-state index in [1.807, 2.05) is 54.3 Å². The van der Waals surface area contributed by atoms with Gasteiger partial charge in [0.2, 0.25) is 11.8 Å². The highest BCUT2D eigenvalue weighted by atomic mass is 32.2. The molecular formula is C21H21N3O3S. The molecular weight excluding hydrogens is 374 g/mol. The normalized spacial score (nSPS) is 16.7. The fourth-order valence-corrected chi connectivity index (χ4v) is 4.14. The van der Waals surface area contributed by atoms with Gasteiger partial charge in [0.25, 0.3) is 5.22 Å². The molecule has 7 heteroatoms. The van der Waals surface area contributed by atoms with Crippen molar-refractivity contribution in [3.63, 3.8) is 0 Å². The summed E-state index contributed by atoms with van der Waals surface area (Å²) in [5.74, 6) is 1.23. The Morgan fingerprint density at radius 1 is 1.21 bits per heavy atom. The molecule has 28 heavy (non-hydrogen) atoms. The van der Waals surface area contributed by atoms with Crippen LogP contribution in [0.25, 0.3) is 11.5 Å². The Balaban J connectivity index is 1.47. The first kappa shape index (κ1) is 18.6. The van der Waals surface area contributed by atoms with Gasteiger partial charge in [-0.1, -0.05) is 30.0 Å². The van der Waals surface area contributed by atoms with Crippen LogP contribution in [0, 0.1) is 0 Å². The lowest BCUT2D eigenvalue weighted by Gasteiger charge is -2.25. The molecule has 1 aliphatic rings. The predicted octanol–water partition coefficient (Wildman–Crippen LogP) is 4.20. The van der Waals surface area contributed by atoms with Crippen molar-refractivity contribution in [2.45, 2.75) is 36.8 Å². The standard InChI is InChI=1S/C21H21N3O3S/c1-13-12-16-6-4-5-7-18(16)24(13)20(25)14(2)28-21-23-22-19(27-21)15-8-10-17(26-3)11-9-15/h4-11,13-14H,12H2,1-3H3/t13-,14+/m1/s1. The summed E-state index contributed by atoms with van der Waals surface area (Å²) in [5, 5.41) is 8.24. The monoisotopic (exact) mass is 395 g/mol. The number of anilines is 1. The molecule has 0 spiro atoms. The van der Waals surface area contributed by atoms with Crippen molar-refractivity contribution in [3.8, 4) is 17.2 Å². The van der Waals surface area contributed by atoms with Crippen LogP contribution in [-0.2, 0) is 11.2 Å². The first-order chi connectivity index (χ1) is 13.6. The average Bonchev–Trinajstić information content (AvgIpc) is 3.31. The van der Waals surface area contributed by atoms with E-state index in [9.17, 15) is 4.79 Å². The van der Waals surface area contributed by atoms with Crippen molar-refractivity contribution in [3.05, 3.63) is 54.1 Å². The number of benzene rings is 2. The van der Waals surface area contributed by atoms with E-state index in [0.717, 1.165) is 23.4 Å². The van der Waals surface area contributed by atoms with E-state index in [2.05, 4.69) is 23.2 Å². The van der Waals surface area contributed by atoms with Crippen molar-refractivity contribution in [2.75, 3.05) is 12.0 Å². The molecule has 1 aromatic heterocycles. The molecule has 3 aromatic rings. The fourth-order valence-electron chi connectivity index (χ4n) is 3.41. The molecule has 0 fully saturated rings. The highest BCUT2D eigenvalue weighted by Gasteiger charge is 2.34. The van der Waals surface area contributed by atoms with Gasteiger partial charge in [-0.3, -0.25) is 4.79 Å². The van der Waals surface area contributed by atoms with Gasteiger partial charge in [-0.2, -0.15) is 0 Å². The Bertz CT molecular complexity index is 987. The number of para-hydroxylation sites is 1. The van der Waals surface area contributed by atoms with Crippen molar-refractivity contribution in [2.24, 2.45) is 0 Å². The Morgan fingerprint density at radius 2 is 1.96 bits per heavy atom. The summed E-state index contributed by atoms with van der Waals surface area (Å²) in [4.78, 5) is 15.0. The Morgan fingerprint density at radius 3 is 2.71 bits per heavy atom. The summed E-state index contributed by atoms with van der Waals surface area (Å²) in [5.41, 5.74) is 3.01. The third-order valence-corrected chi connectivity index (χ3v) is 5.74. The van der Waals surface area contributed by atoms with Gasteiger partial charge in [-0.15, -0.1) is 10.2 Å². The van der Waals surface area contributed by atoms with Crippen LogP contribution < -0.4 is 9.64 Å². The van der Waals surface area contributed by atoms with E-state index < -0.39 is 0 Å². The van der Waals surface area contributed by atoms with Crippen molar-refractivity contribution >= 4 is 23.4 Å². The van der Waals surface area contributed by atoms with Crippen LogP contribution in [0.3, 0.4) is 0 Å². The van der Waals surface area contributed by atoms with Crippen LogP contribution in [0.5, 0.6) is 5.75 Å². The fraction of sp³-hybridized carbons (Fsp3) is 0.286. The first-order valence-electron chi connectivity index (χ1n) is 9.12. The molecule has 2 atom stereocenters. The van der Waals surface area contributed by atoms with Crippen LogP contribution in [0.2, 0.25) is 0 Å². The highest BCUT2D eigenvalue weighted by molar-refractivity contribution is 8.00. The summed E-state index contributed by atoms with van der Waals surface area (Å²) in [6.07, 6.45) is 0.876. The van der Waals surface area contributed by atoms with Gasteiger partial charge in [-0.25, -0.2) is 0 Å². The second-order valence-corrected chi connectivity index (χ2v) is 8.04. The van der Waals surface area contributed by atoms with Gasteiger partial charge in [-0.05, 0) is 56.2 Å². The molecule has 0 aliphatic carbocycles. The largest absolute Gasteiger partial charge is 0.497 e. The number of nitrogens with zero attached hydrogens (tertiary/aromatic N) is 3. The second-order valence-electron chi connectivity index (χ2n) is 6.75. The van der Waals surface area contributed by atoms with E-state index in [1.54, 1.807) is 7.11 Å². The first-order valence-corrected chi connectivity index (χ1v) is 10.0. The molecule has 144 valence electrons. The third-order valence-electron chi connectivity index (χ3n) is 4.81. The lowest BCUT2D eigenvalue weighted by Crippen LogP contribution is -2.40. The van der Waals surface area contributed by atoms with Crippen LogP contribution in [0.1, 0.15) is 19.4 Å². The molecule has 4 rings (SSSR count). The average molecular weight is 395 g/mol. The molecule has 6 nitrogen and oxygen atoms in total. The minimum atomic E-state index is -0.335. The van der Waals surface area contributed by atoms with Gasteiger partial charge < -0.3 is 14.1 Å². The zero-order valence-corrected chi connectivity index (χ0v) is 16.8. The summed E-state index contributed by atoms with van der Waals surface area (Å²) < 4.78 is 10.9. The van der Waals surface area contributed by atoms with Crippen molar-refractivity contribution in [1.82, 2.24) is 10.2 Å². The second kappa shape index (κ2) is 7.67. The number of hydrogen-bond donors (Lipinski definition) is 0. The minimum Gasteiger partial charge on any atom is -0.497 e. The molecule has 1 amide bonds. The van der Waals surface area contributed by atoms with Crippen LogP contribution in [0.15, 0.2) is 58.2 Å². The third kappa shape index (κ3) is 3.49. The molecule has 1 aliphatic heterocycles. The Kier molecular flexibility index (Phi) is 5.09. The molecule has 0 saturated carbocycles. The molecule has 0 saturated heterocycles. The van der Waals surface area contributed by atoms with E-state index in [4.69, 9.17) is 9.15 Å². The number of aromatic nitrogens is 2. The molecule has 2 heterocycles. The topological polar surface area (TPSA) is 68.5 Å². The van der Waals surface area contributed by atoms with E-state index in [1.165, 1.54) is 17.3 Å². The highest BCUT2D eigenvalue weighted by Crippen LogP contribution is 2.35. The number of rotatable bonds is 5. The smallest absolute Gasteiger partial charge is 0.277 e. The van der Waals surface area contributed by atoms with Gasteiger partial charge in [0.15, 0.2) is 0 Å². The van der Waals surface area contributed by atoms with Gasteiger partial charge in [0.1, 0.15) is 5.75 Å². The van der Waals surface area contributed by atoms with Gasteiger partial charge >= 0.3 is 0 Å². The number of amides is 1. The summed E-state index contributed by atoms with van der Waals surface area (Å²) in [7, 11) is 1.62. The van der Waals surface area contributed by atoms with Gasteiger partial charge in [0, 0.05) is 17.3 Å². The van der Waals surface area contributed by atoms with Crippen molar-refractivity contribution in [1.29, 1.82) is 0 Å². The number of carbonyl (C=O) groups is 1. The van der Waals surface area contributed by atoms with Crippen LogP contribution in [-0.4, -0.2) is 34.5 Å². The van der Waals surface area contributed by atoms with Crippen molar-refractivity contribution < 1.29 is 13.9 Å². The summed E-state index contributed by atoms with van der Waals surface area (Å²) >= 11 is 1.28.